The number of nitrogens with zero attached hydrogens (tertiary/aromatic N) is 2. The predicted molar refractivity (Wildman–Crippen MR) is 52.2 cm³/mol. The quantitative estimate of drug-likeness (QED) is 0.645. The molecule has 0 aliphatic carbocycles. The summed E-state index contributed by atoms with van der Waals surface area (Å²) < 4.78 is 0. The summed E-state index contributed by atoms with van der Waals surface area (Å²) in [5, 5.41) is 0. The van der Waals surface area contributed by atoms with Crippen LogP contribution in [0.5, 0.6) is 0 Å². The molecule has 0 aromatic rings. The molecule has 72 valence electrons. The Kier molecular flexibility index (Phi) is 3.98. The monoisotopic (exact) mass is 171 g/mol. The maximum Gasteiger partial charge on any atom is 0.0220 e. The maximum atomic E-state index is 5.48. The zero-order chi connectivity index (χ0) is 8.97. The first-order chi connectivity index (χ1) is 5.74. The van der Waals surface area contributed by atoms with Crippen LogP contribution in [0.2, 0.25) is 0 Å². The van der Waals surface area contributed by atoms with Crippen LogP contribution in [0.4, 0.5) is 0 Å². The normalized spacial score (nSPS) is 25.5. The van der Waals surface area contributed by atoms with Crippen molar-refractivity contribution in [2.75, 3.05) is 40.3 Å². The van der Waals surface area contributed by atoms with Gasteiger partial charge in [0, 0.05) is 25.7 Å². The van der Waals surface area contributed by atoms with Gasteiger partial charge in [-0.25, -0.2) is 0 Å². The molecule has 1 fully saturated rings. The van der Waals surface area contributed by atoms with Crippen LogP contribution in [0.25, 0.3) is 0 Å². The molecule has 0 spiro atoms. The molecule has 0 unspecified atom stereocenters. The molecule has 1 atom stereocenters. The van der Waals surface area contributed by atoms with Crippen molar-refractivity contribution in [3.63, 3.8) is 0 Å². The summed E-state index contributed by atoms with van der Waals surface area (Å²) in [6, 6.07) is 0.765. The van der Waals surface area contributed by atoms with Crippen LogP contribution in [0.15, 0.2) is 0 Å². The van der Waals surface area contributed by atoms with Crippen LogP contribution in [-0.4, -0.2) is 56.1 Å². The maximum absolute atomic E-state index is 5.48. The zero-order valence-electron chi connectivity index (χ0n) is 8.29. The lowest BCUT2D eigenvalue weighted by molar-refractivity contribution is 0.223. The van der Waals surface area contributed by atoms with Crippen LogP contribution in [-0.2, 0) is 0 Å². The Morgan fingerprint density at radius 3 is 2.83 bits per heavy atom. The average Bonchev–Trinajstić information content (AvgIpc) is 2.37. The molecule has 1 rings (SSSR count). The summed E-state index contributed by atoms with van der Waals surface area (Å²) in [7, 11) is 4.37. The summed E-state index contributed by atoms with van der Waals surface area (Å²) in [6.07, 6.45) is 2.71. The molecule has 1 aliphatic heterocycles. The molecule has 2 N–H and O–H groups in total. The number of likely N-dealkylation sites (N-methyl/N-ethyl adjacent to an activating group) is 2. The number of rotatable bonds is 4. The molecule has 3 nitrogen and oxygen atoms in total. The third-order valence-electron chi connectivity index (χ3n) is 2.70. The number of hydrogen-bond acceptors (Lipinski definition) is 3. The molecule has 1 heterocycles. The fourth-order valence-electron chi connectivity index (χ4n) is 1.88. The lowest BCUT2D eigenvalue weighted by Gasteiger charge is -2.25. The van der Waals surface area contributed by atoms with Gasteiger partial charge in [-0.3, -0.25) is 0 Å². The summed E-state index contributed by atoms with van der Waals surface area (Å²) in [5.41, 5.74) is 5.48. The fraction of sp³-hybridized carbons (Fsp3) is 1.00. The second kappa shape index (κ2) is 4.80. The molecule has 12 heavy (non-hydrogen) atoms. The topological polar surface area (TPSA) is 32.5 Å². The largest absolute Gasteiger partial charge is 0.329 e. The minimum Gasteiger partial charge on any atom is -0.329 e. The van der Waals surface area contributed by atoms with Gasteiger partial charge in [0.1, 0.15) is 0 Å². The fourth-order valence-corrected chi connectivity index (χ4v) is 1.88. The Balaban J connectivity index is 2.20. The van der Waals surface area contributed by atoms with Gasteiger partial charge in [0.2, 0.25) is 0 Å². The van der Waals surface area contributed by atoms with E-state index in [-0.39, 0.29) is 0 Å². The smallest absolute Gasteiger partial charge is 0.0220 e. The molecular formula is C9H21N3. The van der Waals surface area contributed by atoms with Gasteiger partial charge in [0.25, 0.3) is 0 Å². The molecule has 0 aromatic heterocycles. The number of nitrogens with two attached hydrogens (primary N) is 1. The van der Waals surface area contributed by atoms with E-state index >= 15 is 0 Å². The molecule has 0 amide bonds. The van der Waals surface area contributed by atoms with Gasteiger partial charge in [-0.1, -0.05) is 0 Å². The van der Waals surface area contributed by atoms with E-state index in [9.17, 15) is 0 Å². The molecule has 0 saturated carbocycles. The van der Waals surface area contributed by atoms with E-state index in [1.807, 2.05) is 0 Å². The molecule has 1 aliphatic rings. The number of likely N-dealkylation sites (tertiary alicyclic amines) is 1. The Morgan fingerprint density at radius 1 is 1.58 bits per heavy atom. The summed E-state index contributed by atoms with van der Waals surface area (Å²) in [5.74, 6) is 0. The van der Waals surface area contributed by atoms with E-state index in [1.54, 1.807) is 0 Å². The second-order valence-corrected chi connectivity index (χ2v) is 3.83. The van der Waals surface area contributed by atoms with Crippen molar-refractivity contribution in [1.29, 1.82) is 0 Å². The standard InChI is InChI=1S/C9H21N3/c1-11(7-5-10)8-9-4-3-6-12(9)2/h9H,3-8,10H2,1-2H3/t9-/m1/s1. The highest BCUT2D eigenvalue weighted by Crippen LogP contribution is 2.14. The van der Waals surface area contributed by atoms with Gasteiger partial charge in [0.15, 0.2) is 0 Å². The van der Waals surface area contributed by atoms with Crippen molar-refractivity contribution in [2.24, 2.45) is 5.73 Å². The van der Waals surface area contributed by atoms with E-state index in [4.69, 9.17) is 5.73 Å². The lowest BCUT2D eigenvalue weighted by Crippen LogP contribution is -2.38. The van der Waals surface area contributed by atoms with Gasteiger partial charge in [-0.05, 0) is 33.5 Å². The predicted octanol–water partition coefficient (Wildman–Crippen LogP) is -0.0289. The van der Waals surface area contributed by atoms with E-state index in [1.165, 1.54) is 25.9 Å². The van der Waals surface area contributed by atoms with Crippen LogP contribution in [0, 0.1) is 0 Å². The lowest BCUT2D eigenvalue weighted by atomic mass is 10.2. The van der Waals surface area contributed by atoms with Crippen LogP contribution in [0.3, 0.4) is 0 Å². The number of hydrogen-bond donors (Lipinski definition) is 1. The minimum absolute atomic E-state index is 0.765. The zero-order valence-corrected chi connectivity index (χ0v) is 8.29. The highest BCUT2D eigenvalue weighted by Gasteiger charge is 2.21. The van der Waals surface area contributed by atoms with Gasteiger partial charge in [-0.2, -0.15) is 0 Å². The van der Waals surface area contributed by atoms with Crippen molar-refractivity contribution in [3.8, 4) is 0 Å². The summed E-state index contributed by atoms with van der Waals surface area (Å²) >= 11 is 0. The van der Waals surface area contributed by atoms with Crippen LogP contribution < -0.4 is 5.73 Å². The van der Waals surface area contributed by atoms with E-state index in [2.05, 4.69) is 23.9 Å². The summed E-state index contributed by atoms with van der Waals surface area (Å²) in [4.78, 5) is 4.78. The SMILES string of the molecule is CN(CCN)C[C@H]1CCCN1C. The Labute approximate surface area is 75.5 Å². The highest BCUT2D eigenvalue weighted by molar-refractivity contribution is 4.78. The van der Waals surface area contributed by atoms with E-state index in [0.29, 0.717) is 0 Å². The van der Waals surface area contributed by atoms with Crippen molar-refractivity contribution < 1.29 is 0 Å². The van der Waals surface area contributed by atoms with Crippen LogP contribution >= 0.6 is 0 Å². The van der Waals surface area contributed by atoms with Gasteiger partial charge in [0.05, 0.1) is 0 Å². The second-order valence-electron chi connectivity index (χ2n) is 3.83. The Hall–Kier alpha value is -0.120. The van der Waals surface area contributed by atoms with Crippen molar-refractivity contribution in [2.45, 2.75) is 18.9 Å². The van der Waals surface area contributed by atoms with E-state index in [0.717, 1.165) is 19.1 Å². The molecule has 0 bridgehead atoms. The molecule has 1 saturated heterocycles. The van der Waals surface area contributed by atoms with Gasteiger partial charge < -0.3 is 15.5 Å². The molecule has 3 heteroatoms. The first-order valence-electron chi connectivity index (χ1n) is 4.83. The van der Waals surface area contributed by atoms with Crippen molar-refractivity contribution in [1.82, 2.24) is 9.80 Å². The first kappa shape index (κ1) is 9.96. The van der Waals surface area contributed by atoms with Gasteiger partial charge in [-0.15, -0.1) is 0 Å². The van der Waals surface area contributed by atoms with Crippen LogP contribution in [0.1, 0.15) is 12.8 Å². The third-order valence-corrected chi connectivity index (χ3v) is 2.70. The molecule has 0 aromatic carbocycles. The van der Waals surface area contributed by atoms with Gasteiger partial charge >= 0.3 is 0 Å². The Bertz CT molecular complexity index is 127. The van der Waals surface area contributed by atoms with E-state index < -0.39 is 0 Å². The molecule has 0 radical (unpaired) electrons. The van der Waals surface area contributed by atoms with Crippen molar-refractivity contribution in [3.05, 3.63) is 0 Å². The highest BCUT2D eigenvalue weighted by atomic mass is 15.2. The minimum atomic E-state index is 0.765. The third kappa shape index (κ3) is 2.73. The summed E-state index contributed by atoms with van der Waals surface area (Å²) in [6.45, 7) is 4.23. The van der Waals surface area contributed by atoms with Crippen molar-refractivity contribution >= 4 is 0 Å². The molecular weight excluding hydrogens is 150 g/mol. The average molecular weight is 171 g/mol. The Morgan fingerprint density at radius 2 is 2.33 bits per heavy atom. The first-order valence-corrected chi connectivity index (χ1v) is 4.83.